The Balaban J connectivity index is 1.95. The van der Waals surface area contributed by atoms with Gasteiger partial charge in [0.05, 0.1) is 11.8 Å². The zero-order valence-electron chi connectivity index (χ0n) is 10.6. The van der Waals surface area contributed by atoms with E-state index in [1.807, 2.05) is 6.92 Å². The molecule has 102 valence electrons. The predicted molar refractivity (Wildman–Crippen MR) is 64.4 cm³/mol. The molecule has 0 saturated heterocycles. The van der Waals surface area contributed by atoms with E-state index in [1.165, 1.54) is 0 Å². The number of halogens is 2. The average Bonchev–Trinajstić information content (AvgIpc) is 2.86. The summed E-state index contributed by atoms with van der Waals surface area (Å²) in [6.07, 6.45) is 2.68. The van der Waals surface area contributed by atoms with E-state index in [0.29, 0.717) is 12.8 Å². The topological polar surface area (TPSA) is 38.0 Å². The zero-order chi connectivity index (χ0) is 13.2. The van der Waals surface area contributed by atoms with Gasteiger partial charge in [-0.3, -0.25) is 4.68 Å². The summed E-state index contributed by atoms with van der Waals surface area (Å²) in [6, 6.07) is 1.77. The highest BCUT2D eigenvalue weighted by atomic mass is 19.3. The lowest BCUT2D eigenvalue weighted by atomic mass is 9.98. The van der Waals surface area contributed by atoms with Gasteiger partial charge in [0.1, 0.15) is 0 Å². The maximum absolute atomic E-state index is 13.1. The van der Waals surface area contributed by atoms with E-state index in [1.54, 1.807) is 16.9 Å². The Morgan fingerprint density at radius 2 is 2.39 bits per heavy atom. The molecule has 1 saturated carbocycles. The summed E-state index contributed by atoms with van der Waals surface area (Å²) in [5, 5.41) is 14.3. The van der Waals surface area contributed by atoms with E-state index in [2.05, 4.69) is 5.10 Å². The van der Waals surface area contributed by atoms with Crippen molar-refractivity contribution in [3.63, 3.8) is 0 Å². The SMILES string of the molecule is CCCn1nccc1C(O)CC1CCC(F)(F)C1. The molecule has 1 fully saturated rings. The van der Waals surface area contributed by atoms with Crippen LogP contribution in [0, 0.1) is 5.92 Å². The summed E-state index contributed by atoms with van der Waals surface area (Å²) in [5.74, 6) is -2.62. The molecule has 3 nitrogen and oxygen atoms in total. The van der Waals surface area contributed by atoms with Crippen molar-refractivity contribution >= 4 is 0 Å². The Kier molecular flexibility index (Phi) is 4.00. The van der Waals surface area contributed by atoms with Crippen LogP contribution in [0.25, 0.3) is 0 Å². The molecule has 1 N–H and O–H groups in total. The standard InChI is InChI=1S/C13H20F2N2O/c1-2-7-17-11(4-6-16-17)12(18)8-10-3-5-13(14,15)9-10/h4,6,10,12,18H,2-3,5,7-9H2,1H3. The molecule has 0 bridgehead atoms. The van der Waals surface area contributed by atoms with E-state index in [4.69, 9.17) is 0 Å². The van der Waals surface area contributed by atoms with Crippen LogP contribution in [-0.4, -0.2) is 20.8 Å². The Morgan fingerprint density at radius 3 is 3.00 bits per heavy atom. The summed E-state index contributed by atoms with van der Waals surface area (Å²) in [7, 11) is 0. The van der Waals surface area contributed by atoms with Gasteiger partial charge >= 0.3 is 0 Å². The minimum Gasteiger partial charge on any atom is -0.387 e. The van der Waals surface area contributed by atoms with Gasteiger partial charge in [0.2, 0.25) is 5.92 Å². The maximum atomic E-state index is 13.1. The summed E-state index contributed by atoms with van der Waals surface area (Å²) in [6.45, 7) is 2.79. The van der Waals surface area contributed by atoms with Crippen molar-refractivity contribution in [2.45, 2.75) is 57.6 Å². The number of aryl methyl sites for hydroxylation is 1. The second-order valence-electron chi connectivity index (χ2n) is 5.20. The summed E-state index contributed by atoms with van der Waals surface area (Å²) < 4.78 is 27.9. The molecule has 1 aliphatic carbocycles. The third-order valence-corrected chi connectivity index (χ3v) is 3.59. The number of hydrogen-bond donors (Lipinski definition) is 1. The van der Waals surface area contributed by atoms with Crippen molar-refractivity contribution in [1.82, 2.24) is 9.78 Å². The van der Waals surface area contributed by atoms with Crippen LogP contribution >= 0.6 is 0 Å². The first-order chi connectivity index (χ1) is 8.52. The number of aromatic nitrogens is 2. The Bertz CT molecular complexity index is 392. The van der Waals surface area contributed by atoms with Crippen LogP contribution in [0.15, 0.2) is 12.3 Å². The highest BCUT2D eigenvalue weighted by Gasteiger charge is 2.40. The van der Waals surface area contributed by atoms with Crippen LogP contribution in [0.3, 0.4) is 0 Å². The summed E-state index contributed by atoms with van der Waals surface area (Å²) >= 11 is 0. The van der Waals surface area contributed by atoms with E-state index >= 15 is 0 Å². The number of rotatable bonds is 5. The number of aliphatic hydroxyl groups is 1. The predicted octanol–water partition coefficient (Wildman–Crippen LogP) is 3.15. The van der Waals surface area contributed by atoms with Gasteiger partial charge in [0, 0.05) is 25.6 Å². The van der Waals surface area contributed by atoms with Crippen molar-refractivity contribution in [2.75, 3.05) is 0 Å². The van der Waals surface area contributed by atoms with Crippen molar-refractivity contribution in [3.8, 4) is 0 Å². The fourth-order valence-corrected chi connectivity index (χ4v) is 2.70. The molecule has 0 aromatic carbocycles. The second kappa shape index (κ2) is 5.34. The maximum Gasteiger partial charge on any atom is 0.248 e. The quantitative estimate of drug-likeness (QED) is 0.881. The Labute approximate surface area is 106 Å². The van der Waals surface area contributed by atoms with E-state index < -0.39 is 12.0 Å². The third kappa shape index (κ3) is 3.07. The molecule has 0 radical (unpaired) electrons. The molecular weight excluding hydrogens is 238 g/mol. The number of alkyl halides is 2. The third-order valence-electron chi connectivity index (χ3n) is 3.59. The first-order valence-electron chi connectivity index (χ1n) is 6.59. The monoisotopic (exact) mass is 258 g/mol. The molecule has 2 unspecified atom stereocenters. The molecule has 1 aromatic heterocycles. The molecular formula is C13H20F2N2O. The fourth-order valence-electron chi connectivity index (χ4n) is 2.70. The van der Waals surface area contributed by atoms with Gasteiger partial charge in [0.15, 0.2) is 0 Å². The van der Waals surface area contributed by atoms with Gasteiger partial charge in [-0.1, -0.05) is 6.92 Å². The molecule has 5 heteroatoms. The van der Waals surface area contributed by atoms with E-state index in [0.717, 1.165) is 18.7 Å². The zero-order valence-corrected chi connectivity index (χ0v) is 10.6. The Morgan fingerprint density at radius 1 is 1.61 bits per heavy atom. The van der Waals surface area contributed by atoms with Crippen molar-refractivity contribution < 1.29 is 13.9 Å². The van der Waals surface area contributed by atoms with Gasteiger partial charge in [-0.2, -0.15) is 5.10 Å². The first kappa shape index (κ1) is 13.5. The molecule has 2 atom stereocenters. The summed E-state index contributed by atoms with van der Waals surface area (Å²) in [4.78, 5) is 0. The smallest absolute Gasteiger partial charge is 0.248 e. The van der Waals surface area contributed by atoms with Crippen molar-refractivity contribution in [1.29, 1.82) is 0 Å². The van der Waals surface area contributed by atoms with Crippen molar-refractivity contribution in [2.24, 2.45) is 5.92 Å². The van der Waals surface area contributed by atoms with Crippen LogP contribution in [0.1, 0.15) is 50.8 Å². The molecule has 18 heavy (non-hydrogen) atoms. The van der Waals surface area contributed by atoms with E-state index in [-0.39, 0.29) is 18.8 Å². The van der Waals surface area contributed by atoms with Gasteiger partial charge in [-0.15, -0.1) is 0 Å². The number of nitrogens with zero attached hydrogens (tertiary/aromatic N) is 2. The fraction of sp³-hybridized carbons (Fsp3) is 0.769. The minimum atomic E-state index is -2.53. The molecule has 1 heterocycles. The highest BCUT2D eigenvalue weighted by Crippen LogP contribution is 2.42. The van der Waals surface area contributed by atoms with Gasteiger partial charge in [-0.05, 0) is 31.2 Å². The van der Waals surface area contributed by atoms with Gasteiger partial charge in [-0.25, -0.2) is 8.78 Å². The largest absolute Gasteiger partial charge is 0.387 e. The highest BCUT2D eigenvalue weighted by molar-refractivity contribution is 5.05. The van der Waals surface area contributed by atoms with Crippen LogP contribution in [0.5, 0.6) is 0 Å². The lowest BCUT2D eigenvalue weighted by molar-refractivity contribution is 0.00236. The Hall–Kier alpha value is -0.970. The molecule has 2 rings (SSSR count). The number of aliphatic hydroxyl groups excluding tert-OH is 1. The molecule has 1 aliphatic rings. The first-order valence-corrected chi connectivity index (χ1v) is 6.59. The molecule has 0 spiro atoms. The molecule has 1 aromatic rings. The average molecular weight is 258 g/mol. The van der Waals surface area contributed by atoms with Gasteiger partial charge in [0.25, 0.3) is 0 Å². The van der Waals surface area contributed by atoms with E-state index in [9.17, 15) is 13.9 Å². The van der Waals surface area contributed by atoms with Crippen molar-refractivity contribution in [3.05, 3.63) is 18.0 Å². The number of hydrogen-bond acceptors (Lipinski definition) is 2. The molecule has 0 aliphatic heterocycles. The van der Waals surface area contributed by atoms with Crippen LogP contribution < -0.4 is 0 Å². The van der Waals surface area contributed by atoms with Crippen LogP contribution in [0.2, 0.25) is 0 Å². The lowest BCUT2D eigenvalue weighted by Crippen LogP contribution is -2.14. The minimum absolute atomic E-state index is 0.0430. The second-order valence-corrected chi connectivity index (χ2v) is 5.20. The molecule has 0 amide bonds. The van der Waals surface area contributed by atoms with Gasteiger partial charge < -0.3 is 5.11 Å². The van der Waals surface area contributed by atoms with Crippen LogP contribution in [0.4, 0.5) is 8.78 Å². The summed E-state index contributed by atoms with van der Waals surface area (Å²) in [5.41, 5.74) is 0.743. The van der Waals surface area contributed by atoms with Crippen LogP contribution in [-0.2, 0) is 6.54 Å². The lowest BCUT2D eigenvalue weighted by Gasteiger charge is -2.17. The normalized spacial score (nSPS) is 24.3.